The lowest BCUT2D eigenvalue weighted by Gasteiger charge is -2.15. The first-order valence-corrected chi connectivity index (χ1v) is 8.69. The molecule has 0 spiro atoms. The number of aliphatic imine (C=N–C) groups is 1. The molecule has 0 bridgehead atoms. The topological polar surface area (TPSA) is 126 Å². The maximum Gasteiger partial charge on any atom is 0.269 e. The molecule has 1 heterocycles. The summed E-state index contributed by atoms with van der Waals surface area (Å²) < 4.78 is 5.52. The summed E-state index contributed by atoms with van der Waals surface area (Å²) in [5, 5.41) is 27.3. The van der Waals surface area contributed by atoms with Crippen LogP contribution >= 0.6 is 11.6 Å². The van der Waals surface area contributed by atoms with E-state index in [1.54, 1.807) is 0 Å². The number of nitro benzene ring substituents is 1. The molecule has 1 aromatic carbocycles. The molecule has 146 valence electrons. The van der Waals surface area contributed by atoms with Gasteiger partial charge in [-0.1, -0.05) is 32.4 Å². The Morgan fingerprint density at radius 2 is 2.07 bits per heavy atom. The summed E-state index contributed by atoms with van der Waals surface area (Å²) in [5.41, 5.74) is 2.62. The molecule has 0 saturated heterocycles. The summed E-state index contributed by atoms with van der Waals surface area (Å²) >= 11 is 6.30. The zero-order valence-electron chi connectivity index (χ0n) is 15.3. The number of H-pyrrole nitrogens is 1. The largest absolute Gasteiger partial charge is 0.494 e. The minimum atomic E-state index is -0.468. The maximum atomic E-state index is 10.6. The summed E-state index contributed by atoms with van der Waals surface area (Å²) in [6.07, 6.45) is 0.953. The Morgan fingerprint density at radius 1 is 1.41 bits per heavy atom. The average Bonchev–Trinajstić information content (AvgIpc) is 2.98. The van der Waals surface area contributed by atoms with Crippen molar-refractivity contribution in [2.24, 2.45) is 4.99 Å². The number of nitro groups is 1. The van der Waals surface area contributed by atoms with Crippen LogP contribution in [-0.2, 0) is 5.41 Å². The van der Waals surface area contributed by atoms with Crippen molar-refractivity contribution in [1.29, 1.82) is 0 Å². The fourth-order valence-corrected chi connectivity index (χ4v) is 2.66. The zero-order chi connectivity index (χ0) is 20.0. The lowest BCUT2D eigenvalue weighted by atomic mass is 9.92. The van der Waals surface area contributed by atoms with Crippen molar-refractivity contribution < 1.29 is 14.9 Å². The van der Waals surface area contributed by atoms with E-state index < -0.39 is 4.92 Å². The third kappa shape index (κ3) is 5.66. The van der Waals surface area contributed by atoms with E-state index in [0.29, 0.717) is 41.9 Å². The second-order valence-corrected chi connectivity index (χ2v) is 7.24. The Bertz CT molecular complexity index is 812. The third-order valence-corrected chi connectivity index (χ3v) is 4.04. The molecule has 2 rings (SSSR count). The second-order valence-electron chi connectivity index (χ2n) is 6.86. The normalized spacial score (nSPS) is 12.1. The monoisotopic (exact) mass is 395 g/mol. The van der Waals surface area contributed by atoms with Gasteiger partial charge in [0.15, 0.2) is 5.82 Å². The molecule has 0 atom stereocenters. The Morgan fingerprint density at radius 3 is 2.59 bits per heavy atom. The van der Waals surface area contributed by atoms with Crippen LogP contribution in [0, 0.1) is 10.1 Å². The Labute approximate surface area is 161 Å². The SMILES string of the molecule is CC(C)(C)c1[nH]nc(N=C(CCCOc2ccc([N+](=O)[O-])cc2)NO)c1Cl. The van der Waals surface area contributed by atoms with Crippen LogP contribution in [0.25, 0.3) is 0 Å². The van der Waals surface area contributed by atoms with E-state index in [4.69, 9.17) is 16.3 Å². The molecule has 0 radical (unpaired) electrons. The fraction of sp³-hybridized carbons (Fsp3) is 0.412. The van der Waals surface area contributed by atoms with Gasteiger partial charge in [0.1, 0.15) is 16.6 Å². The third-order valence-electron chi connectivity index (χ3n) is 3.68. The van der Waals surface area contributed by atoms with E-state index in [1.165, 1.54) is 24.3 Å². The molecule has 27 heavy (non-hydrogen) atoms. The molecule has 1 aromatic heterocycles. The molecular formula is C17H22ClN5O4. The number of aromatic amines is 1. The van der Waals surface area contributed by atoms with Crippen LogP contribution in [0.15, 0.2) is 29.3 Å². The van der Waals surface area contributed by atoms with Gasteiger partial charge in [0.25, 0.3) is 5.69 Å². The van der Waals surface area contributed by atoms with Gasteiger partial charge in [-0.15, -0.1) is 0 Å². The Balaban J connectivity index is 1.91. The van der Waals surface area contributed by atoms with Crippen molar-refractivity contribution in [2.45, 2.75) is 39.0 Å². The Hall–Kier alpha value is -2.65. The average molecular weight is 396 g/mol. The molecule has 0 fully saturated rings. The molecular weight excluding hydrogens is 374 g/mol. The van der Waals surface area contributed by atoms with Gasteiger partial charge >= 0.3 is 0 Å². The number of non-ortho nitro benzene ring substituents is 1. The first kappa shape index (κ1) is 20.7. The molecule has 0 saturated carbocycles. The van der Waals surface area contributed by atoms with E-state index in [2.05, 4.69) is 20.7 Å². The van der Waals surface area contributed by atoms with Crippen LogP contribution in [-0.4, -0.2) is 32.8 Å². The number of hydrogen-bond donors (Lipinski definition) is 3. The van der Waals surface area contributed by atoms with Crippen LogP contribution in [0.2, 0.25) is 5.02 Å². The first-order valence-electron chi connectivity index (χ1n) is 8.31. The van der Waals surface area contributed by atoms with Gasteiger partial charge in [0.05, 0.1) is 17.2 Å². The summed E-state index contributed by atoms with van der Waals surface area (Å²) in [6.45, 7) is 6.35. The summed E-state index contributed by atoms with van der Waals surface area (Å²) in [5.74, 6) is 1.13. The van der Waals surface area contributed by atoms with Crippen LogP contribution in [0.5, 0.6) is 5.75 Å². The highest BCUT2D eigenvalue weighted by Gasteiger charge is 2.22. The molecule has 0 amide bonds. The van der Waals surface area contributed by atoms with Gasteiger partial charge in [0.2, 0.25) is 0 Å². The standard InChI is InChI=1S/C17H22ClN5O4/c1-17(2,3)15-14(18)16(21-20-15)19-13(22-24)5-4-10-27-12-8-6-11(7-9-12)23(25)26/h6-9,24H,4-5,10H2,1-3H3,(H2,19,20,21,22). The molecule has 0 aliphatic carbocycles. The van der Waals surface area contributed by atoms with Crippen molar-refractivity contribution in [1.82, 2.24) is 15.7 Å². The highest BCUT2D eigenvalue weighted by atomic mass is 35.5. The Kier molecular flexibility index (Phi) is 6.75. The number of nitrogens with one attached hydrogen (secondary N) is 2. The van der Waals surface area contributed by atoms with Crippen LogP contribution < -0.4 is 10.2 Å². The number of hydroxylamine groups is 1. The molecule has 3 N–H and O–H groups in total. The predicted octanol–water partition coefficient (Wildman–Crippen LogP) is 4.14. The summed E-state index contributed by atoms with van der Waals surface area (Å²) in [7, 11) is 0. The van der Waals surface area contributed by atoms with Crippen molar-refractivity contribution >= 4 is 28.9 Å². The molecule has 0 aliphatic heterocycles. The van der Waals surface area contributed by atoms with E-state index in [0.717, 1.165) is 5.69 Å². The quantitative estimate of drug-likeness (QED) is 0.213. The zero-order valence-corrected chi connectivity index (χ0v) is 16.1. The van der Waals surface area contributed by atoms with Crippen molar-refractivity contribution in [3.05, 3.63) is 45.1 Å². The maximum absolute atomic E-state index is 10.6. The van der Waals surface area contributed by atoms with Crippen molar-refractivity contribution in [2.75, 3.05) is 6.61 Å². The number of amidine groups is 1. The smallest absolute Gasteiger partial charge is 0.269 e. The predicted molar refractivity (Wildman–Crippen MR) is 102 cm³/mol. The minimum Gasteiger partial charge on any atom is -0.494 e. The number of benzene rings is 1. The summed E-state index contributed by atoms with van der Waals surface area (Å²) in [4.78, 5) is 14.4. The second kappa shape index (κ2) is 8.83. The highest BCUT2D eigenvalue weighted by Crippen LogP contribution is 2.33. The number of halogens is 1. The van der Waals surface area contributed by atoms with E-state index in [9.17, 15) is 15.3 Å². The number of nitrogens with zero attached hydrogens (tertiary/aromatic N) is 3. The fourth-order valence-electron chi connectivity index (χ4n) is 2.25. The van der Waals surface area contributed by atoms with E-state index in [1.807, 2.05) is 20.8 Å². The number of aromatic nitrogens is 2. The van der Waals surface area contributed by atoms with Gasteiger partial charge in [0, 0.05) is 24.0 Å². The lowest BCUT2D eigenvalue weighted by Crippen LogP contribution is -2.19. The molecule has 0 unspecified atom stereocenters. The molecule has 2 aromatic rings. The molecule has 9 nitrogen and oxygen atoms in total. The van der Waals surface area contributed by atoms with Gasteiger partial charge in [-0.2, -0.15) is 5.10 Å². The van der Waals surface area contributed by atoms with Crippen LogP contribution in [0.1, 0.15) is 39.3 Å². The highest BCUT2D eigenvalue weighted by molar-refractivity contribution is 6.33. The van der Waals surface area contributed by atoms with Gasteiger partial charge < -0.3 is 4.74 Å². The number of ether oxygens (including phenoxy) is 1. The van der Waals surface area contributed by atoms with Gasteiger partial charge in [-0.05, 0) is 18.6 Å². The van der Waals surface area contributed by atoms with Crippen molar-refractivity contribution in [3.8, 4) is 5.75 Å². The van der Waals surface area contributed by atoms with Crippen LogP contribution in [0.4, 0.5) is 11.5 Å². The molecule has 10 heteroatoms. The summed E-state index contributed by atoms with van der Waals surface area (Å²) in [6, 6.07) is 5.83. The van der Waals surface area contributed by atoms with Crippen molar-refractivity contribution in [3.63, 3.8) is 0 Å². The van der Waals surface area contributed by atoms with Gasteiger partial charge in [-0.25, -0.2) is 4.99 Å². The van der Waals surface area contributed by atoms with E-state index >= 15 is 0 Å². The van der Waals surface area contributed by atoms with Gasteiger partial charge in [-0.3, -0.25) is 25.9 Å². The number of hydrogen-bond acceptors (Lipinski definition) is 6. The molecule has 0 aliphatic rings. The minimum absolute atomic E-state index is 0.00626. The van der Waals surface area contributed by atoms with E-state index in [-0.39, 0.29) is 11.1 Å². The number of rotatable bonds is 7. The lowest BCUT2D eigenvalue weighted by molar-refractivity contribution is -0.384. The first-order chi connectivity index (χ1) is 12.7. The van der Waals surface area contributed by atoms with Crippen LogP contribution in [0.3, 0.4) is 0 Å².